The first kappa shape index (κ1) is 20.8. The Morgan fingerprint density at radius 3 is 1.40 bits per heavy atom. The number of hydrogen-bond donors (Lipinski definition) is 0. The van der Waals surface area contributed by atoms with Crippen LogP contribution in [0.5, 0.6) is 0 Å². The van der Waals surface area contributed by atoms with Gasteiger partial charge >= 0.3 is 135 Å². The zero-order valence-corrected chi connectivity index (χ0v) is 19.1. The molecule has 120 valence electrons. The molecular formula is C18H40SiSn. The van der Waals surface area contributed by atoms with Gasteiger partial charge in [-0.15, -0.1) is 0 Å². The summed E-state index contributed by atoms with van der Waals surface area (Å²) in [6.07, 6.45) is 8.62. The van der Waals surface area contributed by atoms with E-state index in [-0.39, 0.29) is 0 Å². The summed E-state index contributed by atoms with van der Waals surface area (Å²) in [5.74, 6) is 0. The van der Waals surface area contributed by atoms with Crippen molar-refractivity contribution < 1.29 is 0 Å². The molecule has 0 atom stereocenters. The van der Waals surface area contributed by atoms with Crippen molar-refractivity contribution in [2.75, 3.05) is 0 Å². The molecule has 0 aliphatic rings. The second kappa shape index (κ2) is 10.5. The minimum absolute atomic E-state index is 1.13. The Morgan fingerprint density at radius 2 is 1.15 bits per heavy atom. The molecule has 0 heterocycles. The molecule has 0 nitrogen and oxygen atoms in total. The summed E-state index contributed by atoms with van der Waals surface area (Å²) in [6.45, 7) is 19.1. The van der Waals surface area contributed by atoms with Crippen LogP contribution in [0.2, 0.25) is 37.4 Å². The third kappa shape index (κ3) is 8.26. The SMILES string of the molecule is C=C([CH2][Sn]([CH2]CCC)([CH2]CCC)[CH2]CCC)[Si](C)(C)C. The summed E-state index contributed by atoms with van der Waals surface area (Å²) in [4.78, 5) is 0. The Bertz CT molecular complexity index is 243. The van der Waals surface area contributed by atoms with Gasteiger partial charge in [-0.1, -0.05) is 0 Å². The van der Waals surface area contributed by atoms with Gasteiger partial charge < -0.3 is 0 Å². The van der Waals surface area contributed by atoms with Crippen molar-refractivity contribution in [1.29, 1.82) is 0 Å². The van der Waals surface area contributed by atoms with Crippen molar-refractivity contribution in [2.24, 2.45) is 0 Å². The standard InChI is InChI=1S/C6H13Si.3C4H9.Sn/c1-6(2)7(3,4)5;3*1-3-4-2;/h1-2H2,3-5H3;3*1,3-4H2,2H3;. The summed E-state index contributed by atoms with van der Waals surface area (Å²) in [7, 11) is -1.13. The summed E-state index contributed by atoms with van der Waals surface area (Å²) in [5.41, 5.74) is 0. The average molecular weight is 403 g/mol. The number of rotatable bonds is 12. The molecule has 0 fully saturated rings. The van der Waals surface area contributed by atoms with Crippen LogP contribution in [-0.2, 0) is 0 Å². The number of hydrogen-bond acceptors (Lipinski definition) is 0. The molecule has 0 aromatic rings. The second-order valence-corrected chi connectivity index (χ2v) is 26.9. The van der Waals surface area contributed by atoms with Crippen LogP contribution in [0.3, 0.4) is 0 Å². The van der Waals surface area contributed by atoms with E-state index in [9.17, 15) is 0 Å². The Balaban J connectivity index is 4.97. The molecule has 0 aliphatic heterocycles. The van der Waals surface area contributed by atoms with Crippen LogP contribution in [0.25, 0.3) is 0 Å². The molecule has 2 heteroatoms. The predicted octanol–water partition coefficient (Wildman–Crippen LogP) is 7.27. The van der Waals surface area contributed by atoms with Gasteiger partial charge in [0.2, 0.25) is 0 Å². The van der Waals surface area contributed by atoms with E-state index in [0.717, 1.165) is 0 Å². The molecular weight excluding hydrogens is 363 g/mol. The third-order valence-corrected chi connectivity index (χ3v) is 23.6. The van der Waals surface area contributed by atoms with Gasteiger partial charge in [-0.05, 0) is 0 Å². The van der Waals surface area contributed by atoms with Gasteiger partial charge in [0, 0.05) is 0 Å². The molecule has 0 saturated heterocycles. The topological polar surface area (TPSA) is 0 Å². The maximum absolute atomic E-state index is 4.55. The Kier molecular flexibility index (Phi) is 10.9. The second-order valence-electron chi connectivity index (χ2n) is 7.84. The van der Waals surface area contributed by atoms with Crippen LogP contribution >= 0.6 is 0 Å². The molecule has 0 rings (SSSR count). The fraction of sp³-hybridized carbons (Fsp3) is 0.889. The van der Waals surface area contributed by atoms with Crippen LogP contribution in [0.1, 0.15) is 59.3 Å². The zero-order valence-electron chi connectivity index (χ0n) is 15.3. The first-order chi connectivity index (χ1) is 9.31. The van der Waals surface area contributed by atoms with Gasteiger partial charge in [0.05, 0.1) is 0 Å². The van der Waals surface area contributed by atoms with E-state index in [1.165, 1.54) is 43.0 Å². The van der Waals surface area contributed by atoms with Gasteiger partial charge in [0.1, 0.15) is 0 Å². The molecule has 0 aromatic heterocycles. The van der Waals surface area contributed by atoms with Crippen molar-refractivity contribution in [3.8, 4) is 0 Å². The first-order valence-electron chi connectivity index (χ1n) is 8.99. The maximum atomic E-state index is 4.55. The van der Waals surface area contributed by atoms with Gasteiger partial charge in [0.15, 0.2) is 0 Å². The van der Waals surface area contributed by atoms with Crippen LogP contribution in [0.15, 0.2) is 11.8 Å². The summed E-state index contributed by atoms with van der Waals surface area (Å²) >= 11 is -1.95. The fourth-order valence-electron chi connectivity index (χ4n) is 3.01. The van der Waals surface area contributed by atoms with Gasteiger partial charge in [0.25, 0.3) is 0 Å². The summed E-state index contributed by atoms with van der Waals surface area (Å²) in [5, 5.41) is 1.69. The van der Waals surface area contributed by atoms with Crippen molar-refractivity contribution in [1.82, 2.24) is 0 Å². The van der Waals surface area contributed by atoms with Gasteiger partial charge in [-0.2, -0.15) is 0 Å². The van der Waals surface area contributed by atoms with E-state index >= 15 is 0 Å². The van der Waals surface area contributed by atoms with Gasteiger partial charge in [-0.3, -0.25) is 0 Å². The number of allylic oxidation sites excluding steroid dienone is 1. The van der Waals surface area contributed by atoms with Crippen molar-refractivity contribution in [2.45, 2.75) is 96.7 Å². The molecule has 0 saturated carbocycles. The van der Waals surface area contributed by atoms with E-state index in [4.69, 9.17) is 0 Å². The summed E-state index contributed by atoms with van der Waals surface area (Å²) in [6, 6.07) is 0. The monoisotopic (exact) mass is 404 g/mol. The molecule has 0 aliphatic carbocycles. The molecule has 0 unspecified atom stereocenters. The Hall–Kier alpha value is 0.756. The van der Waals surface area contributed by atoms with Crippen LogP contribution in [0, 0.1) is 0 Å². The van der Waals surface area contributed by atoms with E-state index in [1.54, 1.807) is 18.5 Å². The fourth-order valence-corrected chi connectivity index (χ4v) is 26.3. The molecule has 20 heavy (non-hydrogen) atoms. The molecule has 0 aromatic carbocycles. The summed E-state index contributed by atoms with van der Waals surface area (Å²) < 4.78 is 6.42. The molecule has 0 N–H and O–H groups in total. The van der Waals surface area contributed by atoms with Crippen molar-refractivity contribution >= 4 is 26.5 Å². The quantitative estimate of drug-likeness (QED) is 0.301. The van der Waals surface area contributed by atoms with Crippen molar-refractivity contribution in [3.63, 3.8) is 0 Å². The minimum atomic E-state index is -1.95. The molecule has 0 radical (unpaired) electrons. The van der Waals surface area contributed by atoms with Crippen molar-refractivity contribution in [3.05, 3.63) is 11.8 Å². The molecule has 0 spiro atoms. The molecule has 0 bridgehead atoms. The van der Waals surface area contributed by atoms with Crippen LogP contribution in [-0.4, -0.2) is 26.5 Å². The van der Waals surface area contributed by atoms with E-state index in [0.29, 0.717) is 0 Å². The zero-order chi connectivity index (χ0) is 15.6. The van der Waals surface area contributed by atoms with Gasteiger partial charge in [-0.25, -0.2) is 0 Å². The van der Waals surface area contributed by atoms with Crippen LogP contribution in [0.4, 0.5) is 0 Å². The Morgan fingerprint density at radius 1 is 0.800 bits per heavy atom. The number of unbranched alkanes of at least 4 members (excludes halogenated alkanes) is 3. The Labute approximate surface area is 134 Å². The molecule has 0 amide bonds. The first-order valence-corrected chi connectivity index (χ1v) is 20.6. The normalized spacial score (nSPS) is 12.7. The average Bonchev–Trinajstić information content (AvgIpc) is 2.39. The van der Waals surface area contributed by atoms with E-state index < -0.39 is 26.5 Å². The van der Waals surface area contributed by atoms with E-state index in [2.05, 4.69) is 47.0 Å². The third-order valence-electron chi connectivity index (χ3n) is 4.83. The van der Waals surface area contributed by atoms with Crippen LogP contribution < -0.4 is 0 Å². The predicted molar refractivity (Wildman–Crippen MR) is 102 cm³/mol. The van der Waals surface area contributed by atoms with E-state index in [1.807, 2.05) is 0 Å².